The smallest absolute Gasteiger partial charge is 0.152 e. The number of nitrogens with zero attached hydrogens (tertiary/aromatic N) is 3. The molecule has 0 aliphatic carbocycles. The van der Waals surface area contributed by atoms with E-state index < -0.39 is 9.84 Å². The van der Waals surface area contributed by atoms with Crippen molar-refractivity contribution in [2.45, 2.75) is 19.9 Å². The van der Waals surface area contributed by atoms with E-state index in [9.17, 15) is 8.42 Å². The maximum atomic E-state index is 11.5. The Kier molecular flexibility index (Phi) is 4.70. The average Bonchev–Trinajstić information content (AvgIpc) is 2.27. The van der Waals surface area contributed by atoms with Gasteiger partial charge in [0, 0.05) is 18.8 Å². The van der Waals surface area contributed by atoms with Gasteiger partial charge in [0.05, 0.1) is 18.1 Å². The molecule has 1 aromatic rings. The van der Waals surface area contributed by atoms with Gasteiger partial charge in [-0.05, 0) is 6.92 Å². The molecule has 0 amide bonds. The van der Waals surface area contributed by atoms with E-state index in [1.807, 2.05) is 6.92 Å². The first-order chi connectivity index (χ1) is 7.85. The number of hydrogen-bond acceptors (Lipinski definition) is 5. The van der Waals surface area contributed by atoms with E-state index >= 15 is 0 Å². The van der Waals surface area contributed by atoms with Gasteiger partial charge >= 0.3 is 0 Å². The molecule has 0 N–H and O–H groups in total. The van der Waals surface area contributed by atoms with Crippen molar-refractivity contribution in [3.8, 4) is 0 Å². The molecule has 0 aromatic carbocycles. The molecule has 1 aromatic heterocycles. The summed E-state index contributed by atoms with van der Waals surface area (Å²) in [5.41, 5.74) is 0. The Bertz CT molecular complexity index is 478. The summed E-state index contributed by atoms with van der Waals surface area (Å²) in [6.07, 6.45) is 2.99. The zero-order valence-electron chi connectivity index (χ0n) is 10.1. The van der Waals surface area contributed by atoms with Crippen LogP contribution in [0.15, 0.2) is 12.4 Å². The van der Waals surface area contributed by atoms with Crippen LogP contribution in [-0.4, -0.2) is 43.0 Å². The summed E-state index contributed by atoms with van der Waals surface area (Å²) < 4.78 is 23.0. The summed E-state index contributed by atoms with van der Waals surface area (Å²) in [4.78, 5) is 9.76. The highest BCUT2D eigenvalue weighted by atomic mass is 35.5. The van der Waals surface area contributed by atoms with E-state index in [0.29, 0.717) is 11.0 Å². The van der Waals surface area contributed by atoms with Crippen LogP contribution in [0.1, 0.15) is 13.8 Å². The van der Waals surface area contributed by atoms with Crippen LogP contribution in [0, 0.1) is 0 Å². The molecule has 0 spiro atoms. The number of sulfone groups is 1. The number of anilines is 1. The van der Waals surface area contributed by atoms with Crippen molar-refractivity contribution in [1.29, 1.82) is 0 Å². The van der Waals surface area contributed by atoms with Crippen molar-refractivity contribution in [2.75, 3.05) is 23.5 Å². The minimum atomic E-state index is -3.00. The summed E-state index contributed by atoms with van der Waals surface area (Å²) >= 11 is 5.74. The van der Waals surface area contributed by atoms with Gasteiger partial charge in [-0.2, -0.15) is 0 Å². The van der Waals surface area contributed by atoms with Gasteiger partial charge in [-0.3, -0.25) is 4.98 Å². The van der Waals surface area contributed by atoms with E-state index in [2.05, 4.69) is 9.97 Å². The average molecular weight is 278 g/mol. The lowest BCUT2D eigenvalue weighted by Gasteiger charge is -2.25. The fourth-order valence-electron chi connectivity index (χ4n) is 1.33. The quantitative estimate of drug-likeness (QED) is 0.814. The molecule has 7 heteroatoms. The third-order valence-electron chi connectivity index (χ3n) is 2.55. The Morgan fingerprint density at radius 3 is 2.65 bits per heavy atom. The molecule has 0 bridgehead atoms. The second-order valence-electron chi connectivity index (χ2n) is 3.86. The van der Waals surface area contributed by atoms with E-state index in [1.54, 1.807) is 25.1 Å². The highest BCUT2D eigenvalue weighted by Gasteiger charge is 2.18. The summed E-state index contributed by atoms with van der Waals surface area (Å²) in [7, 11) is -1.23. The van der Waals surface area contributed by atoms with Crippen LogP contribution >= 0.6 is 11.6 Å². The van der Waals surface area contributed by atoms with Crippen molar-refractivity contribution in [3.05, 3.63) is 17.5 Å². The number of rotatable bonds is 5. The molecule has 0 aliphatic heterocycles. The molecule has 1 heterocycles. The number of halogens is 1. The summed E-state index contributed by atoms with van der Waals surface area (Å²) in [5.74, 6) is 0.803. The van der Waals surface area contributed by atoms with Crippen molar-refractivity contribution < 1.29 is 8.42 Å². The number of hydrogen-bond donors (Lipinski definition) is 0. The van der Waals surface area contributed by atoms with E-state index in [-0.39, 0.29) is 17.5 Å². The lowest BCUT2D eigenvalue weighted by atomic mass is 10.3. The van der Waals surface area contributed by atoms with Gasteiger partial charge in [-0.25, -0.2) is 13.4 Å². The third-order valence-corrected chi connectivity index (χ3v) is 4.60. The van der Waals surface area contributed by atoms with Crippen molar-refractivity contribution in [3.63, 3.8) is 0 Å². The minimum Gasteiger partial charge on any atom is -0.355 e. The topological polar surface area (TPSA) is 63.2 Å². The fourth-order valence-corrected chi connectivity index (χ4v) is 2.66. The first-order valence-corrected chi connectivity index (χ1v) is 7.46. The van der Waals surface area contributed by atoms with Gasteiger partial charge in [0.1, 0.15) is 11.0 Å². The monoisotopic (exact) mass is 277 g/mol. The minimum absolute atomic E-state index is 0.0915. The predicted octanol–water partition coefficient (Wildman–Crippen LogP) is 1.39. The SMILES string of the molecule is CCS(=O)(=O)CC(C)N(C)c1cncc(Cl)n1. The molecule has 1 atom stereocenters. The van der Waals surface area contributed by atoms with Crippen LogP contribution in [0.2, 0.25) is 5.15 Å². The molecule has 5 nitrogen and oxygen atoms in total. The Morgan fingerprint density at radius 1 is 1.47 bits per heavy atom. The fraction of sp³-hybridized carbons (Fsp3) is 0.600. The second kappa shape index (κ2) is 5.64. The first kappa shape index (κ1) is 14.2. The zero-order chi connectivity index (χ0) is 13.1. The molecular weight excluding hydrogens is 262 g/mol. The van der Waals surface area contributed by atoms with Crippen LogP contribution in [-0.2, 0) is 9.84 Å². The van der Waals surface area contributed by atoms with Crippen LogP contribution in [0.5, 0.6) is 0 Å². The Hall–Kier alpha value is -0.880. The second-order valence-corrected chi connectivity index (χ2v) is 6.64. The lowest BCUT2D eigenvalue weighted by Crippen LogP contribution is -2.36. The molecule has 0 radical (unpaired) electrons. The van der Waals surface area contributed by atoms with Gasteiger partial charge in [0.15, 0.2) is 9.84 Å². The van der Waals surface area contributed by atoms with E-state index in [1.165, 1.54) is 6.20 Å². The van der Waals surface area contributed by atoms with Gasteiger partial charge in [-0.15, -0.1) is 0 Å². The molecule has 1 unspecified atom stereocenters. The number of aromatic nitrogens is 2. The van der Waals surface area contributed by atoms with Crippen LogP contribution in [0.25, 0.3) is 0 Å². The normalized spacial score (nSPS) is 13.4. The van der Waals surface area contributed by atoms with Gasteiger partial charge in [-0.1, -0.05) is 18.5 Å². The molecule has 96 valence electrons. The summed E-state index contributed by atoms with van der Waals surface area (Å²) in [6.45, 7) is 3.47. The van der Waals surface area contributed by atoms with E-state index in [0.717, 1.165) is 0 Å². The standard InChI is InChI=1S/C10H16ClN3O2S/c1-4-17(15,16)7-8(2)14(3)10-6-12-5-9(11)13-10/h5-6,8H,4,7H2,1-3H3. The molecular formula is C10H16ClN3O2S. The summed E-state index contributed by atoms with van der Waals surface area (Å²) in [6, 6.07) is -0.173. The van der Waals surface area contributed by atoms with Crippen LogP contribution < -0.4 is 4.90 Å². The molecule has 0 saturated heterocycles. The zero-order valence-corrected chi connectivity index (χ0v) is 11.7. The Balaban J connectivity index is 2.80. The van der Waals surface area contributed by atoms with Crippen LogP contribution in [0.4, 0.5) is 5.82 Å². The molecule has 0 saturated carbocycles. The first-order valence-electron chi connectivity index (χ1n) is 5.26. The predicted molar refractivity (Wildman–Crippen MR) is 69.2 cm³/mol. The van der Waals surface area contributed by atoms with Gasteiger partial charge < -0.3 is 4.90 Å². The maximum Gasteiger partial charge on any atom is 0.152 e. The molecule has 0 fully saturated rings. The van der Waals surface area contributed by atoms with E-state index in [4.69, 9.17) is 11.6 Å². The summed E-state index contributed by atoms with van der Waals surface area (Å²) in [5, 5.41) is 0.292. The molecule has 1 rings (SSSR count). The van der Waals surface area contributed by atoms with Crippen molar-refractivity contribution >= 4 is 27.3 Å². The largest absolute Gasteiger partial charge is 0.355 e. The maximum absolute atomic E-state index is 11.5. The third kappa shape index (κ3) is 4.12. The Labute approximate surface area is 107 Å². The van der Waals surface area contributed by atoms with Crippen molar-refractivity contribution in [2.24, 2.45) is 0 Å². The molecule has 0 aliphatic rings. The lowest BCUT2D eigenvalue weighted by molar-refractivity contribution is 0.588. The molecule has 17 heavy (non-hydrogen) atoms. The highest BCUT2D eigenvalue weighted by Crippen LogP contribution is 2.14. The van der Waals surface area contributed by atoms with Crippen molar-refractivity contribution in [1.82, 2.24) is 9.97 Å². The van der Waals surface area contributed by atoms with Crippen LogP contribution in [0.3, 0.4) is 0 Å². The highest BCUT2D eigenvalue weighted by molar-refractivity contribution is 7.91. The Morgan fingerprint density at radius 2 is 2.12 bits per heavy atom. The van der Waals surface area contributed by atoms with Gasteiger partial charge in [0.25, 0.3) is 0 Å². The van der Waals surface area contributed by atoms with Gasteiger partial charge in [0.2, 0.25) is 0 Å².